The molecule has 0 aliphatic heterocycles. The minimum absolute atomic E-state index is 0.227. The molecular formula is C14H22N2O2S2. The zero-order valence-corrected chi connectivity index (χ0v) is 14.1. The summed E-state index contributed by atoms with van der Waals surface area (Å²) < 4.78 is 0.773. The molecule has 1 saturated carbocycles. The summed E-state index contributed by atoms with van der Waals surface area (Å²) in [5, 5.41) is 14.1. The third-order valence-corrected chi connectivity index (χ3v) is 4.56. The van der Waals surface area contributed by atoms with Crippen molar-refractivity contribution in [2.75, 3.05) is 6.26 Å². The molecule has 0 bridgehead atoms. The van der Waals surface area contributed by atoms with Crippen molar-refractivity contribution in [3.63, 3.8) is 0 Å². The molecule has 1 aliphatic rings. The molecule has 1 amide bonds. The minimum atomic E-state index is -0.544. The van der Waals surface area contributed by atoms with Gasteiger partial charge in [0.05, 0.1) is 6.10 Å². The molecule has 0 aromatic carbocycles. The first-order valence-electron chi connectivity index (χ1n) is 6.55. The largest absolute Gasteiger partial charge is 0.388 e. The molecule has 112 valence electrons. The lowest BCUT2D eigenvalue weighted by molar-refractivity contribution is -0.117. The van der Waals surface area contributed by atoms with Crippen molar-refractivity contribution in [3.05, 3.63) is 21.0 Å². The molecule has 0 saturated heterocycles. The first kappa shape index (κ1) is 17.3. The number of thiol groups is 1. The number of hydrazone groups is 1. The van der Waals surface area contributed by atoms with Gasteiger partial charge in [-0.3, -0.25) is 4.79 Å². The lowest BCUT2D eigenvalue weighted by atomic mass is 9.85. The van der Waals surface area contributed by atoms with Gasteiger partial charge in [-0.2, -0.15) is 5.10 Å². The highest BCUT2D eigenvalue weighted by Gasteiger charge is 2.26. The Bertz CT molecular complexity index is 478. The van der Waals surface area contributed by atoms with Crippen molar-refractivity contribution in [1.82, 2.24) is 5.43 Å². The van der Waals surface area contributed by atoms with Crippen LogP contribution < -0.4 is 5.43 Å². The Balaban J connectivity index is 3.14. The maximum atomic E-state index is 12.1. The number of aliphatic hydroxyl groups excluding tert-OH is 1. The van der Waals surface area contributed by atoms with E-state index in [1.165, 1.54) is 11.8 Å². The fourth-order valence-electron chi connectivity index (χ4n) is 2.11. The average Bonchev–Trinajstić information content (AvgIpc) is 2.42. The molecule has 1 fully saturated rings. The first-order valence-corrected chi connectivity index (χ1v) is 8.22. The summed E-state index contributed by atoms with van der Waals surface area (Å²) in [6.45, 7) is 5.40. The number of amides is 1. The van der Waals surface area contributed by atoms with E-state index in [0.29, 0.717) is 12.0 Å². The van der Waals surface area contributed by atoms with Gasteiger partial charge in [-0.25, -0.2) is 5.43 Å². The number of hydrogen-bond acceptors (Lipinski definition) is 5. The Hall–Kier alpha value is -0.720. The smallest absolute Gasteiger partial charge is 0.267 e. The Morgan fingerprint density at radius 2 is 2.10 bits per heavy atom. The summed E-state index contributed by atoms with van der Waals surface area (Å²) in [4.78, 5) is 12.1. The van der Waals surface area contributed by atoms with Gasteiger partial charge in [0, 0.05) is 21.1 Å². The summed E-state index contributed by atoms with van der Waals surface area (Å²) in [6, 6.07) is 0. The van der Waals surface area contributed by atoms with E-state index in [0.717, 1.165) is 33.9 Å². The van der Waals surface area contributed by atoms with Crippen LogP contribution in [0.1, 0.15) is 40.0 Å². The topological polar surface area (TPSA) is 61.7 Å². The molecule has 0 spiro atoms. The van der Waals surface area contributed by atoms with E-state index in [9.17, 15) is 9.90 Å². The number of rotatable bonds is 3. The van der Waals surface area contributed by atoms with Gasteiger partial charge in [0.2, 0.25) is 0 Å². The van der Waals surface area contributed by atoms with Gasteiger partial charge in [0.25, 0.3) is 5.91 Å². The fourth-order valence-corrected chi connectivity index (χ4v) is 2.87. The molecule has 1 unspecified atom stereocenters. The third kappa shape index (κ3) is 4.40. The number of hydrogen-bond donors (Lipinski definition) is 3. The van der Waals surface area contributed by atoms with E-state index < -0.39 is 6.10 Å². The predicted molar refractivity (Wildman–Crippen MR) is 89.0 cm³/mol. The molecule has 1 atom stereocenters. The van der Waals surface area contributed by atoms with Crippen molar-refractivity contribution in [2.45, 2.75) is 46.1 Å². The number of thioether (sulfide) groups is 1. The van der Waals surface area contributed by atoms with Crippen molar-refractivity contribution >= 4 is 36.0 Å². The highest BCUT2D eigenvalue weighted by atomic mass is 32.2. The Morgan fingerprint density at radius 1 is 1.45 bits per heavy atom. The molecular weight excluding hydrogens is 292 g/mol. The van der Waals surface area contributed by atoms with Crippen LogP contribution >= 0.6 is 24.4 Å². The van der Waals surface area contributed by atoms with Gasteiger partial charge in [-0.05, 0) is 51.9 Å². The summed E-state index contributed by atoms with van der Waals surface area (Å²) >= 11 is 5.91. The molecule has 0 heterocycles. The molecule has 2 N–H and O–H groups in total. The average molecular weight is 314 g/mol. The van der Waals surface area contributed by atoms with Crippen molar-refractivity contribution in [1.29, 1.82) is 0 Å². The van der Waals surface area contributed by atoms with Crippen LogP contribution in [0.3, 0.4) is 0 Å². The zero-order chi connectivity index (χ0) is 15.3. The quantitative estimate of drug-likeness (QED) is 0.325. The van der Waals surface area contributed by atoms with Crippen LogP contribution in [0.4, 0.5) is 0 Å². The molecule has 1 aliphatic carbocycles. The Morgan fingerprint density at radius 3 is 2.65 bits per heavy atom. The van der Waals surface area contributed by atoms with Gasteiger partial charge in [0.15, 0.2) is 0 Å². The Kier molecular flexibility index (Phi) is 6.85. The van der Waals surface area contributed by atoms with E-state index in [-0.39, 0.29) is 5.91 Å². The van der Waals surface area contributed by atoms with Gasteiger partial charge >= 0.3 is 0 Å². The molecule has 6 heteroatoms. The highest BCUT2D eigenvalue weighted by molar-refractivity contribution is 8.15. The van der Waals surface area contributed by atoms with Crippen LogP contribution in [0.2, 0.25) is 0 Å². The SMILES string of the molecule is CS/C(S)=C1/C(=C(\C)C(=O)NN=C(C)C)CCCC1O. The predicted octanol–water partition coefficient (Wildman–Crippen LogP) is 2.86. The molecule has 4 nitrogen and oxygen atoms in total. The summed E-state index contributed by atoms with van der Waals surface area (Å²) in [7, 11) is 0. The monoisotopic (exact) mass is 314 g/mol. The summed E-state index contributed by atoms with van der Waals surface area (Å²) in [5.41, 5.74) is 5.60. The zero-order valence-electron chi connectivity index (χ0n) is 12.4. The first-order chi connectivity index (χ1) is 9.38. The van der Waals surface area contributed by atoms with Crippen LogP contribution in [0.25, 0.3) is 0 Å². The standard InChI is InChI=1S/C14H22N2O2S2/c1-8(2)15-16-13(18)9(3)10-6-5-7-11(17)12(10)14(19)20-4/h11,17,19H,5-7H2,1-4H3,(H,16,18)/b10-9+,14-12-. The lowest BCUT2D eigenvalue weighted by Gasteiger charge is -2.26. The molecule has 20 heavy (non-hydrogen) atoms. The number of nitrogens with one attached hydrogen (secondary N) is 1. The number of carbonyl (C=O) groups is 1. The van der Waals surface area contributed by atoms with Crippen molar-refractivity contribution < 1.29 is 9.90 Å². The molecule has 1 rings (SSSR count). The maximum Gasteiger partial charge on any atom is 0.267 e. The van der Waals surface area contributed by atoms with E-state index in [4.69, 9.17) is 0 Å². The van der Waals surface area contributed by atoms with Crippen LogP contribution in [-0.2, 0) is 4.79 Å². The number of nitrogens with zero attached hydrogens (tertiary/aromatic N) is 1. The Labute approximate surface area is 130 Å². The van der Waals surface area contributed by atoms with Gasteiger partial charge < -0.3 is 5.11 Å². The van der Waals surface area contributed by atoms with Crippen molar-refractivity contribution in [3.8, 4) is 0 Å². The van der Waals surface area contributed by atoms with Gasteiger partial charge in [-0.15, -0.1) is 24.4 Å². The summed E-state index contributed by atoms with van der Waals surface area (Å²) in [5.74, 6) is -0.227. The third-order valence-electron chi connectivity index (χ3n) is 3.16. The van der Waals surface area contributed by atoms with Crippen molar-refractivity contribution in [2.24, 2.45) is 5.10 Å². The molecule has 0 aromatic rings. The second kappa shape index (κ2) is 7.90. The normalized spacial score (nSPS) is 24.0. The van der Waals surface area contributed by atoms with Gasteiger partial charge in [0.1, 0.15) is 0 Å². The van der Waals surface area contributed by atoms with E-state index in [1.54, 1.807) is 6.92 Å². The molecule has 0 radical (unpaired) electrons. The maximum absolute atomic E-state index is 12.1. The molecule has 0 aromatic heterocycles. The van der Waals surface area contributed by atoms with E-state index >= 15 is 0 Å². The summed E-state index contributed by atoms with van der Waals surface area (Å²) in [6.07, 6.45) is 3.73. The van der Waals surface area contributed by atoms with E-state index in [1.807, 2.05) is 20.1 Å². The fraction of sp³-hybridized carbons (Fsp3) is 0.571. The second-order valence-electron chi connectivity index (χ2n) is 4.93. The second-order valence-corrected chi connectivity index (χ2v) is 6.50. The van der Waals surface area contributed by atoms with E-state index in [2.05, 4.69) is 23.2 Å². The lowest BCUT2D eigenvalue weighted by Crippen LogP contribution is -2.25. The van der Waals surface area contributed by atoms with Gasteiger partial charge in [-0.1, -0.05) is 0 Å². The van der Waals surface area contributed by atoms with Crippen LogP contribution in [0, 0.1) is 0 Å². The minimum Gasteiger partial charge on any atom is -0.388 e. The number of aliphatic hydroxyl groups is 1. The highest BCUT2D eigenvalue weighted by Crippen LogP contribution is 2.37. The number of carbonyl (C=O) groups excluding carboxylic acids is 1. The van der Waals surface area contributed by atoms with Crippen LogP contribution in [0.5, 0.6) is 0 Å². The van der Waals surface area contributed by atoms with Crippen LogP contribution in [-0.4, -0.2) is 29.1 Å². The van der Waals surface area contributed by atoms with Crippen LogP contribution in [0.15, 0.2) is 26.1 Å².